The molecule has 0 radical (unpaired) electrons. The summed E-state index contributed by atoms with van der Waals surface area (Å²) in [6, 6.07) is 2.67. The number of carbonyl (C=O) groups excluding carboxylic acids is 1. The summed E-state index contributed by atoms with van der Waals surface area (Å²) in [5.74, 6) is -0.143. The third-order valence-corrected chi connectivity index (χ3v) is 9.72. The van der Waals surface area contributed by atoms with Crippen LogP contribution in [0.1, 0.15) is 39.1 Å². The summed E-state index contributed by atoms with van der Waals surface area (Å²) in [6.07, 6.45) is -2.87. The van der Waals surface area contributed by atoms with Crippen molar-refractivity contribution in [2.45, 2.75) is 50.6 Å². The topological polar surface area (TPSA) is 132 Å². The Balaban J connectivity index is 1.67. The van der Waals surface area contributed by atoms with Crippen LogP contribution in [0.15, 0.2) is 21.8 Å². The molecule has 0 spiro atoms. The molecule has 5 rings (SSSR count). The molecule has 1 aromatic carbocycles. The number of nitrogens with zero attached hydrogens (tertiary/aromatic N) is 6. The Morgan fingerprint density at radius 3 is 2.48 bits per heavy atom. The number of aromatic nitrogens is 4. The quantitative estimate of drug-likeness (QED) is 0.436. The van der Waals surface area contributed by atoms with Crippen molar-refractivity contribution >= 4 is 44.0 Å². The minimum Gasteiger partial charge on any atom is -0.377 e. The molecule has 2 fully saturated rings. The third kappa shape index (κ3) is 4.90. The van der Waals surface area contributed by atoms with Crippen molar-refractivity contribution in [2.24, 2.45) is 13.0 Å². The van der Waals surface area contributed by atoms with Gasteiger partial charge in [-0.1, -0.05) is 25.2 Å². The van der Waals surface area contributed by atoms with Crippen LogP contribution < -0.4 is 15.3 Å². The fraction of sp³-hybridized carbons (Fsp3) is 0.583. The second-order valence-corrected chi connectivity index (χ2v) is 13.5. The highest BCUT2D eigenvalue weighted by Gasteiger charge is 2.39. The zero-order valence-electron chi connectivity index (χ0n) is 22.7. The van der Waals surface area contributed by atoms with Crippen LogP contribution in [0.25, 0.3) is 16.2 Å². The molecular weight excluding hydrogens is 568 g/mol. The number of carbonyl (C=O) groups is 1. The molecular formula is C24H31F2N7O5S2. The molecule has 0 saturated carbocycles. The van der Waals surface area contributed by atoms with Crippen molar-refractivity contribution < 1.29 is 26.7 Å². The maximum Gasteiger partial charge on any atom is 0.335 e. The van der Waals surface area contributed by atoms with Crippen molar-refractivity contribution in [3.05, 3.63) is 27.6 Å². The van der Waals surface area contributed by atoms with E-state index in [1.54, 1.807) is 11.8 Å². The number of amides is 1. The lowest BCUT2D eigenvalue weighted by Gasteiger charge is -2.42. The monoisotopic (exact) mass is 599 g/mol. The number of rotatable bonds is 7. The number of aryl methyl sites for hydroxylation is 1. The van der Waals surface area contributed by atoms with E-state index >= 15 is 0 Å². The highest BCUT2D eigenvalue weighted by atomic mass is 32.2. The maximum absolute atomic E-state index is 13.6. The molecule has 2 aliphatic rings. The molecule has 0 bridgehead atoms. The van der Waals surface area contributed by atoms with Gasteiger partial charge in [0.05, 0.1) is 40.4 Å². The molecule has 0 aliphatic carbocycles. The van der Waals surface area contributed by atoms with Gasteiger partial charge in [0.15, 0.2) is 5.01 Å². The summed E-state index contributed by atoms with van der Waals surface area (Å²) < 4.78 is 64.1. The lowest BCUT2D eigenvalue weighted by molar-refractivity contribution is -0.136. The van der Waals surface area contributed by atoms with Crippen molar-refractivity contribution in [1.29, 1.82) is 0 Å². The zero-order valence-corrected chi connectivity index (χ0v) is 24.4. The van der Waals surface area contributed by atoms with Gasteiger partial charge in [-0.25, -0.2) is 31.3 Å². The Labute approximate surface area is 233 Å². The van der Waals surface area contributed by atoms with E-state index in [4.69, 9.17) is 4.74 Å². The van der Waals surface area contributed by atoms with Gasteiger partial charge in [0.1, 0.15) is 0 Å². The Morgan fingerprint density at radius 2 is 1.93 bits per heavy atom. The van der Waals surface area contributed by atoms with E-state index in [1.165, 1.54) is 23.7 Å². The molecule has 218 valence electrons. The van der Waals surface area contributed by atoms with Crippen molar-refractivity contribution in [3.63, 3.8) is 0 Å². The predicted octanol–water partition coefficient (Wildman–Crippen LogP) is 1.88. The minimum atomic E-state index is -4.09. The van der Waals surface area contributed by atoms with Gasteiger partial charge < -0.3 is 14.5 Å². The first-order valence-electron chi connectivity index (χ1n) is 12.8. The number of hydrogen-bond acceptors (Lipinski definition) is 9. The van der Waals surface area contributed by atoms with E-state index in [9.17, 15) is 26.8 Å². The van der Waals surface area contributed by atoms with Crippen LogP contribution in [0, 0.1) is 5.92 Å². The number of hydrogen-bond donors (Lipinski definition) is 1. The summed E-state index contributed by atoms with van der Waals surface area (Å²) in [5.41, 5.74) is -0.310. The number of anilines is 1. The van der Waals surface area contributed by atoms with Crippen molar-refractivity contribution in [1.82, 2.24) is 29.0 Å². The summed E-state index contributed by atoms with van der Waals surface area (Å²) in [5, 5.41) is 6.66. The van der Waals surface area contributed by atoms with Gasteiger partial charge in [0, 0.05) is 38.6 Å². The van der Waals surface area contributed by atoms with Crippen LogP contribution >= 0.6 is 11.3 Å². The van der Waals surface area contributed by atoms with Gasteiger partial charge in [-0.15, -0.1) is 10.2 Å². The average Bonchev–Trinajstić information content (AvgIpc) is 3.45. The fourth-order valence-electron chi connectivity index (χ4n) is 5.11. The van der Waals surface area contributed by atoms with E-state index in [2.05, 4.69) is 14.9 Å². The van der Waals surface area contributed by atoms with Crippen molar-refractivity contribution in [3.8, 4) is 5.13 Å². The minimum absolute atomic E-state index is 0.0263. The Bertz CT molecular complexity index is 1630. The molecule has 1 N–H and O–H groups in total. The van der Waals surface area contributed by atoms with Gasteiger partial charge in [-0.2, -0.15) is 0 Å². The first kappa shape index (κ1) is 28.6. The second-order valence-electron chi connectivity index (χ2n) is 10.9. The number of benzene rings is 1. The first-order chi connectivity index (χ1) is 18.7. The summed E-state index contributed by atoms with van der Waals surface area (Å²) in [7, 11) is -2.56. The number of fused-ring (bicyclic) bond motifs is 1. The van der Waals surface area contributed by atoms with E-state index < -0.39 is 32.7 Å². The van der Waals surface area contributed by atoms with E-state index in [1.807, 2.05) is 25.7 Å². The van der Waals surface area contributed by atoms with Gasteiger partial charge in [-0.3, -0.25) is 9.36 Å². The van der Waals surface area contributed by atoms with Crippen LogP contribution in [0.4, 0.5) is 14.5 Å². The van der Waals surface area contributed by atoms with Crippen molar-refractivity contribution in [2.75, 3.05) is 37.7 Å². The van der Waals surface area contributed by atoms with Crippen LogP contribution in [0.2, 0.25) is 0 Å². The summed E-state index contributed by atoms with van der Waals surface area (Å²) in [6.45, 7) is 8.94. The molecule has 4 heterocycles. The maximum atomic E-state index is 13.6. The number of halogens is 2. The summed E-state index contributed by atoms with van der Waals surface area (Å²) in [4.78, 5) is 29.8. The molecule has 3 aromatic rings. The molecule has 1 atom stereocenters. The van der Waals surface area contributed by atoms with Crippen LogP contribution in [0.5, 0.6) is 0 Å². The lowest BCUT2D eigenvalue weighted by Crippen LogP contribution is -2.59. The van der Waals surface area contributed by atoms with Gasteiger partial charge in [0.25, 0.3) is 6.43 Å². The van der Waals surface area contributed by atoms with Crippen LogP contribution in [-0.4, -0.2) is 83.0 Å². The standard InChI is InChI=1S/C24H31F2N7O5S2/c1-13(2)21(34)32-7-6-31(10-14(32)3)16-8-15(40(36,37)29-24(4)11-38-12-24)9-17-18(16)30(5)23(35)33(17)22-28-27-20(39-22)19(25)26/h8-9,13-14,19,29H,6-7,10-12H2,1-5H3/t14-/m0/s1. The van der Waals surface area contributed by atoms with E-state index in [-0.39, 0.29) is 46.6 Å². The fourth-order valence-corrected chi connectivity index (χ4v) is 7.24. The zero-order chi connectivity index (χ0) is 29.1. The molecule has 16 heteroatoms. The molecule has 1 amide bonds. The Hall–Kier alpha value is -2.95. The average molecular weight is 600 g/mol. The van der Waals surface area contributed by atoms with Gasteiger partial charge in [-0.05, 0) is 26.0 Å². The molecule has 2 aromatic heterocycles. The molecule has 2 saturated heterocycles. The summed E-state index contributed by atoms with van der Waals surface area (Å²) >= 11 is 0.559. The predicted molar refractivity (Wildman–Crippen MR) is 145 cm³/mol. The number of nitrogens with one attached hydrogen (secondary N) is 1. The Kier molecular flexibility index (Phi) is 7.25. The van der Waals surface area contributed by atoms with Gasteiger partial charge in [0.2, 0.25) is 21.1 Å². The molecule has 12 nitrogen and oxygen atoms in total. The Morgan fingerprint density at radius 1 is 1.23 bits per heavy atom. The second kappa shape index (κ2) is 10.2. The number of sulfonamides is 1. The van der Waals surface area contributed by atoms with E-state index in [0.717, 1.165) is 4.57 Å². The highest BCUT2D eigenvalue weighted by Crippen LogP contribution is 2.35. The number of alkyl halides is 2. The number of piperazine rings is 1. The number of imidazole rings is 1. The SMILES string of the molecule is CC(C)C(=O)N1CCN(c2cc(S(=O)(=O)NC3(C)COC3)cc3c2n(C)c(=O)n3-c2nnc(C(F)F)s2)C[C@@H]1C. The van der Waals surface area contributed by atoms with E-state index in [0.29, 0.717) is 42.2 Å². The largest absolute Gasteiger partial charge is 0.377 e. The molecule has 40 heavy (non-hydrogen) atoms. The lowest BCUT2D eigenvalue weighted by atomic mass is 10.0. The molecule has 2 aliphatic heterocycles. The third-order valence-electron chi connectivity index (χ3n) is 7.18. The molecule has 0 unspecified atom stereocenters. The smallest absolute Gasteiger partial charge is 0.335 e. The normalized spacial score (nSPS) is 19.6. The number of ether oxygens (including phenoxy) is 1. The van der Waals surface area contributed by atoms with Gasteiger partial charge >= 0.3 is 5.69 Å². The first-order valence-corrected chi connectivity index (χ1v) is 15.1. The van der Waals surface area contributed by atoms with Crippen LogP contribution in [-0.2, 0) is 26.6 Å². The highest BCUT2D eigenvalue weighted by molar-refractivity contribution is 7.89. The van der Waals surface area contributed by atoms with Crippen LogP contribution in [0.3, 0.4) is 0 Å².